The van der Waals surface area contributed by atoms with Crippen molar-refractivity contribution in [2.24, 2.45) is 0 Å². The van der Waals surface area contributed by atoms with E-state index < -0.39 is 6.10 Å². The number of pyridine rings is 1. The van der Waals surface area contributed by atoms with E-state index >= 15 is 0 Å². The van der Waals surface area contributed by atoms with E-state index in [1.54, 1.807) is 0 Å². The zero-order valence-electron chi connectivity index (χ0n) is 16.5. The molecule has 5 rings (SSSR count). The fourth-order valence-electron chi connectivity index (χ4n) is 3.64. The lowest BCUT2D eigenvalue weighted by Crippen LogP contribution is -2.20. The molecule has 3 aromatic carbocycles. The molecular formula is C24H21N3O2S. The molecular weight excluding hydrogens is 394 g/mol. The zero-order valence-corrected chi connectivity index (χ0v) is 17.3. The highest BCUT2D eigenvalue weighted by Gasteiger charge is 2.14. The minimum atomic E-state index is -0.620. The Morgan fingerprint density at radius 3 is 2.67 bits per heavy atom. The van der Waals surface area contributed by atoms with Crippen LogP contribution >= 0.6 is 11.8 Å². The van der Waals surface area contributed by atoms with Gasteiger partial charge in [0.1, 0.15) is 12.4 Å². The molecule has 5 nitrogen and oxygen atoms in total. The first-order valence-corrected chi connectivity index (χ1v) is 10.8. The Bertz CT molecular complexity index is 1350. The number of nitrogens with zero attached hydrogens (tertiary/aromatic N) is 3. The van der Waals surface area contributed by atoms with Crippen molar-refractivity contribution in [1.29, 1.82) is 0 Å². The number of aliphatic hydroxyl groups excluding tert-OH is 1. The number of aromatic nitrogens is 3. The van der Waals surface area contributed by atoms with Gasteiger partial charge in [0.25, 0.3) is 0 Å². The fraction of sp³-hybridized carbons (Fsp3) is 0.167. The van der Waals surface area contributed by atoms with Gasteiger partial charge in [0.05, 0.1) is 11.6 Å². The Morgan fingerprint density at radius 2 is 1.77 bits per heavy atom. The summed E-state index contributed by atoms with van der Waals surface area (Å²) in [6.45, 7) is 2.31. The minimum Gasteiger partial charge on any atom is -0.491 e. The Balaban J connectivity index is 1.28. The molecule has 150 valence electrons. The van der Waals surface area contributed by atoms with Crippen molar-refractivity contribution in [2.45, 2.75) is 18.2 Å². The summed E-state index contributed by atoms with van der Waals surface area (Å²) in [6, 6.07) is 24.4. The second-order valence-electron chi connectivity index (χ2n) is 7.31. The summed E-state index contributed by atoms with van der Waals surface area (Å²) in [7, 11) is 0. The van der Waals surface area contributed by atoms with Crippen LogP contribution in [0.2, 0.25) is 0 Å². The third-order valence-electron chi connectivity index (χ3n) is 5.14. The average Bonchev–Trinajstić information content (AvgIpc) is 3.19. The van der Waals surface area contributed by atoms with Gasteiger partial charge in [0.15, 0.2) is 10.8 Å². The van der Waals surface area contributed by atoms with Crippen LogP contribution in [0.15, 0.2) is 78.0 Å². The van der Waals surface area contributed by atoms with Crippen LogP contribution in [-0.4, -0.2) is 38.2 Å². The number of fused-ring (bicyclic) bond motifs is 4. The molecule has 0 amide bonds. The van der Waals surface area contributed by atoms with Crippen LogP contribution in [0.3, 0.4) is 0 Å². The van der Waals surface area contributed by atoms with Gasteiger partial charge in [0.2, 0.25) is 0 Å². The summed E-state index contributed by atoms with van der Waals surface area (Å²) in [4.78, 5) is 0. The maximum atomic E-state index is 10.4. The van der Waals surface area contributed by atoms with Crippen molar-refractivity contribution in [3.63, 3.8) is 0 Å². The van der Waals surface area contributed by atoms with E-state index in [0.29, 0.717) is 5.75 Å². The van der Waals surface area contributed by atoms with E-state index in [2.05, 4.69) is 41.4 Å². The van der Waals surface area contributed by atoms with Crippen molar-refractivity contribution in [1.82, 2.24) is 14.6 Å². The summed E-state index contributed by atoms with van der Waals surface area (Å²) < 4.78 is 7.86. The fourth-order valence-corrected chi connectivity index (χ4v) is 4.49. The molecule has 1 N–H and O–H groups in total. The SMILES string of the molecule is Cc1cc2nnc(SCC(O)COc3ccc4ccccc4c3)n2c2ccccc12. The van der Waals surface area contributed by atoms with Gasteiger partial charge in [-0.25, -0.2) is 0 Å². The largest absolute Gasteiger partial charge is 0.491 e. The molecule has 1 unspecified atom stereocenters. The van der Waals surface area contributed by atoms with Crippen molar-refractivity contribution < 1.29 is 9.84 Å². The number of hydrogen-bond donors (Lipinski definition) is 1. The van der Waals surface area contributed by atoms with Crippen LogP contribution < -0.4 is 4.74 Å². The van der Waals surface area contributed by atoms with Crippen molar-refractivity contribution in [3.05, 3.63) is 78.4 Å². The molecule has 0 fully saturated rings. The Labute approximate surface area is 178 Å². The number of ether oxygens (including phenoxy) is 1. The minimum absolute atomic E-state index is 0.224. The second kappa shape index (κ2) is 7.97. The van der Waals surface area contributed by atoms with E-state index in [1.165, 1.54) is 28.1 Å². The summed E-state index contributed by atoms with van der Waals surface area (Å²) >= 11 is 1.48. The molecule has 0 aliphatic carbocycles. The van der Waals surface area contributed by atoms with Gasteiger partial charge in [-0.15, -0.1) is 10.2 Å². The zero-order chi connectivity index (χ0) is 20.5. The van der Waals surface area contributed by atoms with E-state index in [9.17, 15) is 5.11 Å². The van der Waals surface area contributed by atoms with Crippen molar-refractivity contribution in [3.8, 4) is 5.75 Å². The first-order valence-electron chi connectivity index (χ1n) is 9.85. The normalized spacial score (nSPS) is 12.6. The van der Waals surface area contributed by atoms with Crippen LogP contribution in [0.1, 0.15) is 5.56 Å². The molecule has 0 aliphatic rings. The number of rotatable bonds is 6. The van der Waals surface area contributed by atoms with Gasteiger partial charge in [-0.2, -0.15) is 0 Å². The molecule has 0 aliphatic heterocycles. The number of aryl methyl sites for hydroxylation is 1. The lowest BCUT2D eigenvalue weighted by atomic mass is 10.1. The molecule has 0 saturated carbocycles. The van der Waals surface area contributed by atoms with Crippen molar-refractivity contribution in [2.75, 3.05) is 12.4 Å². The molecule has 1 atom stereocenters. The van der Waals surface area contributed by atoms with E-state index in [-0.39, 0.29) is 6.61 Å². The monoisotopic (exact) mass is 415 g/mol. The Morgan fingerprint density at radius 1 is 0.967 bits per heavy atom. The molecule has 0 saturated heterocycles. The number of para-hydroxylation sites is 1. The third-order valence-corrected chi connectivity index (χ3v) is 6.22. The van der Waals surface area contributed by atoms with Gasteiger partial charge in [0, 0.05) is 11.1 Å². The molecule has 2 aromatic heterocycles. The highest BCUT2D eigenvalue weighted by Crippen LogP contribution is 2.26. The van der Waals surface area contributed by atoms with E-state index in [0.717, 1.165) is 27.5 Å². The second-order valence-corrected chi connectivity index (χ2v) is 8.29. The summed E-state index contributed by atoms with van der Waals surface area (Å²) in [5.41, 5.74) is 3.06. The predicted molar refractivity (Wildman–Crippen MR) is 121 cm³/mol. The van der Waals surface area contributed by atoms with E-state index in [4.69, 9.17) is 4.74 Å². The molecule has 30 heavy (non-hydrogen) atoms. The van der Waals surface area contributed by atoms with Gasteiger partial charge >= 0.3 is 0 Å². The van der Waals surface area contributed by atoms with E-state index in [1.807, 2.05) is 52.9 Å². The highest BCUT2D eigenvalue weighted by atomic mass is 32.2. The summed E-state index contributed by atoms with van der Waals surface area (Å²) in [5.74, 6) is 1.23. The summed E-state index contributed by atoms with van der Waals surface area (Å²) in [6.07, 6.45) is -0.620. The number of hydrogen-bond acceptors (Lipinski definition) is 5. The van der Waals surface area contributed by atoms with Crippen LogP contribution in [0.5, 0.6) is 5.75 Å². The van der Waals surface area contributed by atoms with Gasteiger partial charge in [-0.05, 0) is 47.5 Å². The van der Waals surface area contributed by atoms with Crippen LogP contribution in [0.4, 0.5) is 0 Å². The Kier molecular flexibility index (Phi) is 5.02. The molecule has 0 radical (unpaired) electrons. The standard InChI is InChI=1S/C24H21N3O2S/c1-16-12-23-25-26-24(27(23)22-9-5-4-8-21(16)22)30-15-19(28)14-29-20-11-10-17-6-2-3-7-18(17)13-20/h2-13,19,28H,14-15H2,1H3. The lowest BCUT2D eigenvalue weighted by Gasteiger charge is -2.12. The number of thioether (sulfide) groups is 1. The first kappa shape index (κ1) is 18.9. The molecule has 2 heterocycles. The van der Waals surface area contributed by atoms with Gasteiger partial charge in [-0.1, -0.05) is 60.3 Å². The summed E-state index contributed by atoms with van der Waals surface area (Å²) in [5, 5.41) is 23.3. The quantitative estimate of drug-likeness (QED) is 0.401. The molecule has 5 aromatic rings. The number of aliphatic hydroxyl groups is 1. The highest BCUT2D eigenvalue weighted by molar-refractivity contribution is 7.99. The maximum Gasteiger partial charge on any atom is 0.196 e. The van der Waals surface area contributed by atoms with Gasteiger partial charge in [-0.3, -0.25) is 4.40 Å². The number of benzene rings is 3. The molecule has 0 bridgehead atoms. The lowest BCUT2D eigenvalue weighted by molar-refractivity contribution is 0.126. The average molecular weight is 416 g/mol. The van der Waals surface area contributed by atoms with Crippen molar-refractivity contribution >= 4 is 39.1 Å². The Hall–Kier alpha value is -3.09. The van der Waals surface area contributed by atoms with Crippen LogP contribution in [-0.2, 0) is 0 Å². The predicted octanol–water partition coefficient (Wildman–Crippen LogP) is 4.88. The molecule has 0 spiro atoms. The molecule has 6 heteroatoms. The first-order chi connectivity index (χ1) is 14.7. The smallest absolute Gasteiger partial charge is 0.196 e. The van der Waals surface area contributed by atoms with Crippen LogP contribution in [0.25, 0.3) is 27.3 Å². The topological polar surface area (TPSA) is 59.7 Å². The van der Waals surface area contributed by atoms with Gasteiger partial charge < -0.3 is 9.84 Å². The third kappa shape index (κ3) is 3.60. The maximum absolute atomic E-state index is 10.4. The van der Waals surface area contributed by atoms with Crippen LogP contribution in [0, 0.1) is 6.92 Å².